The zero-order valence-corrected chi connectivity index (χ0v) is 28.2. The van der Waals surface area contributed by atoms with E-state index in [1.807, 2.05) is 12.2 Å². The van der Waals surface area contributed by atoms with Gasteiger partial charge in [-0.25, -0.2) is 0 Å². The quantitative estimate of drug-likeness (QED) is 0.207. The van der Waals surface area contributed by atoms with Crippen molar-refractivity contribution in [3.63, 3.8) is 0 Å². The summed E-state index contributed by atoms with van der Waals surface area (Å²) >= 11 is 0. The summed E-state index contributed by atoms with van der Waals surface area (Å²) in [6, 6.07) is 21.8. The predicted molar refractivity (Wildman–Crippen MR) is 183 cm³/mol. The number of hydrogen-bond acceptors (Lipinski definition) is 2. The van der Waals surface area contributed by atoms with Crippen molar-refractivity contribution < 1.29 is 8.85 Å². The van der Waals surface area contributed by atoms with Gasteiger partial charge in [0.2, 0.25) is 0 Å². The summed E-state index contributed by atoms with van der Waals surface area (Å²) in [6.07, 6.45) is 3.81. The van der Waals surface area contributed by atoms with Crippen LogP contribution in [-0.4, -0.2) is 16.6 Å². The second-order valence-corrected chi connectivity index (χ2v) is 23.4. The third kappa shape index (κ3) is 5.57. The standard InChI is InChI=1S/C36H46O2Si2/c1-13-25-15-19-29-27(23-25)17-21-31(37-39(9,10)35(3,4)5)33(29)34-30-20-16-26(14-2)24-28(30)18-22-32(34)38-40(11,12)36(6,7)8/h13-24H,1-2H2,3-12H3. The van der Waals surface area contributed by atoms with E-state index in [4.69, 9.17) is 8.85 Å². The van der Waals surface area contributed by atoms with Gasteiger partial charge in [0.25, 0.3) is 16.6 Å². The van der Waals surface area contributed by atoms with E-state index in [2.05, 4.69) is 142 Å². The van der Waals surface area contributed by atoms with Gasteiger partial charge in [-0.1, -0.05) is 103 Å². The molecule has 0 heterocycles. The van der Waals surface area contributed by atoms with Crippen LogP contribution in [0.15, 0.2) is 73.8 Å². The lowest BCUT2D eigenvalue weighted by Crippen LogP contribution is -2.44. The molecular formula is C36H46O2Si2. The van der Waals surface area contributed by atoms with Gasteiger partial charge in [-0.15, -0.1) is 0 Å². The molecule has 0 radical (unpaired) electrons. The molecule has 40 heavy (non-hydrogen) atoms. The molecule has 0 saturated carbocycles. The Kier molecular flexibility index (Phi) is 7.76. The van der Waals surface area contributed by atoms with Gasteiger partial charge in [-0.05, 0) is 93.2 Å². The molecule has 0 aliphatic heterocycles. The SMILES string of the molecule is C=Cc1ccc2c(-c3c(O[Si](C)(C)C(C)(C)C)ccc4cc(C=C)ccc34)c(O[Si](C)(C)C(C)(C)C)ccc2c1. The highest BCUT2D eigenvalue weighted by Gasteiger charge is 2.41. The molecule has 0 bridgehead atoms. The third-order valence-corrected chi connectivity index (χ3v) is 17.8. The average Bonchev–Trinajstić information content (AvgIpc) is 2.86. The minimum atomic E-state index is -2.15. The van der Waals surface area contributed by atoms with Gasteiger partial charge in [-0.2, -0.15) is 0 Å². The van der Waals surface area contributed by atoms with Gasteiger partial charge in [0, 0.05) is 11.1 Å². The second kappa shape index (κ2) is 10.4. The summed E-state index contributed by atoms with van der Waals surface area (Å²) in [4.78, 5) is 0. The first-order valence-electron chi connectivity index (χ1n) is 14.3. The fourth-order valence-corrected chi connectivity index (χ4v) is 6.50. The Labute approximate surface area is 244 Å². The molecule has 4 aromatic carbocycles. The highest BCUT2D eigenvalue weighted by atomic mass is 28.4. The minimum absolute atomic E-state index is 0.0595. The maximum absolute atomic E-state index is 7.12. The van der Waals surface area contributed by atoms with E-state index in [9.17, 15) is 0 Å². The number of fused-ring (bicyclic) bond motifs is 2. The van der Waals surface area contributed by atoms with Crippen LogP contribution in [0.5, 0.6) is 11.5 Å². The number of hydrogen-bond donors (Lipinski definition) is 0. The molecule has 0 atom stereocenters. The summed E-state index contributed by atoms with van der Waals surface area (Å²) in [5.74, 6) is 1.84. The molecule has 0 saturated heterocycles. The second-order valence-electron chi connectivity index (χ2n) is 14.0. The van der Waals surface area contributed by atoms with Crippen molar-refractivity contribution in [2.24, 2.45) is 0 Å². The number of rotatable bonds is 7. The zero-order chi connectivity index (χ0) is 29.7. The van der Waals surface area contributed by atoms with Crippen LogP contribution in [0.2, 0.25) is 36.3 Å². The molecule has 0 aromatic heterocycles. The third-order valence-electron chi connectivity index (χ3n) is 9.08. The van der Waals surface area contributed by atoms with Crippen LogP contribution in [0.25, 0.3) is 44.8 Å². The van der Waals surface area contributed by atoms with Gasteiger partial charge >= 0.3 is 0 Å². The van der Waals surface area contributed by atoms with Crippen LogP contribution in [0.4, 0.5) is 0 Å². The highest BCUT2D eigenvalue weighted by molar-refractivity contribution is 6.75. The highest BCUT2D eigenvalue weighted by Crippen LogP contribution is 2.50. The molecule has 0 spiro atoms. The van der Waals surface area contributed by atoms with Crippen LogP contribution >= 0.6 is 0 Å². The fraction of sp³-hybridized carbons (Fsp3) is 0.333. The maximum Gasteiger partial charge on any atom is 0.250 e. The van der Waals surface area contributed by atoms with E-state index < -0.39 is 16.6 Å². The Morgan fingerprint density at radius 2 is 0.900 bits per heavy atom. The molecule has 0 amide bonds. The molecule has 210 valence electrons. The normalized spacial score (nSPS) is 12.9. The Morgan fingerprint density at radius 1 is 0.550 bits per heavy atom. The Balaban J connectivity index is 2.15. The van der Waals surface area contributed by atoms with E-state index in [0.29, 0.717) is 0 Å². The average molecular weight is 567 g/mol. The van der Waals surface area contributed by atoms with Crippen LogP contribution in [-0.2, 0) is 0 Å². The van der Waals surface area contributed by atoms with E-state index in [1.54, 1.807) is 0 Å². The molecule has 4 heteroatoms. The molecule has 0 aliphatic rings. The van der Waals surface area contributed by atoms with Gasteiger partial charge < -0.3 is 8.85 Å². The monoisotopic (exact) mass is 566 g/mol. The molecule has 4 rings (SSSR count). The molecule has 0 N–H and O–H groups in total. The van der Waals surface area contributed by atoms with Gasteiger partial charge in [0.05, 0.1) is 0 Å². The van der Waals surface area contributed by atoms with Crippen molar-refractivity contribution in [1.82, 2.24) is 0 Å². The minimum Gasteiger partial charge on any atom is -0.543 e. The summed E-state index contributed by atoms with van der Waals surface area (Å²) < 4.78 is 14.2. The maximum atomic E-state index is 7.12. The lowest BCUT2D eigenvalue weighted by Gasteiger charge is -2.38. The van der Waals surface area contributed by atoms with E-state index in [0.717, 1.165) is 55.3 Å². The van der Waals surface area contributed by atoms with Crippen LogP contribution in [0.3, 0.4) is 0 Å². The van der Waals surface area contributed by atoms with Crippen molar-refractivity contribution in [1.29, 1.82) is 0 Å². The largest absolute Gasteiger partial charge is 0.543 e. The van der Waals surface area contributed by atoms with E-state index in [-0.39, 0.29) is 10.1 Å². The molecule has 0 aliphatic carbocycles. The summed E-state index contributed by atoms with van der Waals surface area (Å²) in [5.41, 5.74) is 4.40. The van der Waals surface area contributed by atoms with Gasteiger partial charge in [-0.3, -0.25) is 0 Å². The molecular weight excluding hydrogens is 521 g/mol. The fourth-order valence-electron chi connectivity index (χ4n) is 4.45. The Hall–Kier alpha value is -3.09. The first-order valence-corrected chi connectivity index (χ1v) is 20.1. The lowest BCUT2D eigenvalue weighted by molar-refractivity contribution is 0.489. The molecule has 2 nitrogen and oxygen atoms in total. The van der Waals surface area contributed by atoms with Crippen molar-refractivity contribution in [2.75, 3.05) is 0 Å². The predicted octanol–water partition coefficient (Wildman–Crippen LogP) is 11.7. The summed E-state index contributed by atoms with van der Waals surface area (Å²) in [5, 5.41) is 4.75. The first-order chi connectivity index (χ1) is 18.5. The van der Waals surface area contributed by atoms with Crippen LogP contribution in [0, 0.1) is 0 Å². The summed E-state index contributed by atoms with van der Waals surface area (Å²) in [6.45, 7) is 31.0. The Bertz CT molecular complexity index is 1480. The topological polar surface area (TPSA) is 18.5 Å². The van der Waals surface area contributed by atoms with Crippen molar-refractivity contribution >= 4 is 50.3 Å². The zero-order valence-electron chi connectivity index (χ0n) is 26.2. The first kappa shape index (κ1) is 29.9. The van der Waals surface area contributed by atoms with Crippen LogP contribution < -0.4 is 8.85 Å². The van der Waals surface area contributed by atoms with Gasteiger partial charge in [0.1, 0.15) is 11.5 Å². The van der Waals surface area contributed by atoms with Crippen molar-refractivity contribution in [3.05, 3.63) is 84.9 Å². The molecule has 0 unspecified atom stereocenters. The number of benzene rings is 4. The van der Waals surface area contributed by atoms with Gasteiger partial charge in [0.15, 0.2) is 0 Å². The Morgan fingerprint density at radius 3 is 1.20 bits per heavy atom. The molecule has 0 fully saturated rings. The lowest BCUT2D eigenvalue weighted by atomic mass is 9.91. The molecule has 4 aromatic rings. The van der Waals surface area contributed by atoms with Crippen molar-refractivity contribution in [2.45, 2.75) is 77.8 Å². The van der Waals surface area contributed by atoms with Crippen LogP contribution in [0.1, 0.15) is 52.7 Å². The van der Waals surface area contributed by atoms with Crippen molar-refractivity contribution in [3.8, 4) is 22.6 Å². The smallest absolute Gasteiger partial charge is 0.250 e. The summed E-state index contributed by atoms with van der Waals surface area (Å²) in [7, 11) is -4.31. The van der Waals surface area contributed by atoms with E-state index in [1.165, 1.54) is 0 Å². The van der Waals surface area contributed by atoms with E-state index >= 15 is 0 Å².